The van der Waals surface area contributed by atoms with Gasteiger partial charge < -0.3 is 24.7 Å². The van der Waals surface area contributed by atoms with Crippen LogP contribution >= 0.6 is 0 Å². The van der Waals surface area contributed by atoms with Gasteiger partial charge in [-0.3, -0.25) is 14.2 Å². The predicted molar refractivity (Wildman–Crippen MR) is 115 cm³/mol. The second kappa shape index (κ2) is 10.0. The highest BCUT2D eigenvalue weighted by molar-refractivity contribution is 6.06. The lowest BCUT2D eigenvalue weighted by atomic mass is 10.1. The molecular formula is C22H22FN5O6. The van der Waals surface area contributed by atoms with E-state index >= 15 is 4.39 Å². The predicted octanol–water partition coefficient (Wildman–Crippen LogP) is 1.59. The summed E-state index contributed by atoms with van der Waals surface area (Å²) in [5, 5.41) is 12.3. The van der Waals surface area contributed by atoms with Crippen molar-refractivity contribution in [2.45, 2.75) is 44.4 Å². The minimum absolute atomic E-state index is 0.0306. The Balaban J connectivity index is 1.55. The Kier molecular flexibility index (Phi) is 6.89. The first-order valence-corrected chi connectivity index (χ1v) is 10.5. The number of esters is 1. The van der Waals surface area contributed by atoms with Crippen molar-refractivity contribution >= 4 is 34.6 Å². The smallest absolute Gasteiger partial charge is 0.306 e. The number of nitrogens with zero attached hydrogens (tertiary/aromatic N) is 4. The molecular weight excluding hydrogens is 449 g/mol. The van der Waals surface area contributed by atoms with Crippen LogP contribution < -0.4 is 5.32 Å². The molecule has 178 valence electrons. The second-order valence-electron chi connectivity index (χ2n) is 7.72. The molecule has 3 aromatic rings. The SMILES string of the molecule is CC(=O)CCC(=O)OC1[C@@H](CO)O[C@@H](n2cnc3c(NC(=O)c4ccccc4)ncnc32)[C@H]1F. The highest BCUT2D eigenvalue weighted by Crippen LogP contribution is 2.36. The molecule has 4 atom stereocenters. The number of fused-ring (bicyclic) bond motifs is 1. The van der Waals surface area contributed by atoms with E-state index in [1.165, 1.54) is 24.1 Å². The maximum atomic E-state index is 15.3. The van der Waals surface area contributed by atoms with Gasteiger partial charge in [-0.05, 0) is 19.1 Å². The highest BCUT2D eigenvalue weighted by atomic mass is 19.1. The number of rotatable bonds is 8. The third-order valence-corrected chi connectivity index (χ3v) is 5.30. The van der Waals surface area contributed by atoms with Crippen LogP contribution in [-0.4, -0.2) is 67.3 Å². The number of nitrogens with one attached hydrogen (secondary N) is 1. The molecule has 2 aromatic heterocycles. The summed E-state index contributed by atoms with van der Waals surface area (Å²) < 4.78 is 27.4. The summed E-state index contributed by atoms with van der Waals surface area (Å²) >= 11 is 0. The number of aliphatic hydroxyl groups is 1. The Hall–Kier alpha value is -3.77. The van der Waals surface area contributed by atoms with Gasteiger partial charge in [-0.1, -0.05) is 18.2 Å². The fraction of sp³-hybridized carbons (Fsp3) is 0.364. The van der Waals surface area contributed by atoms with Crippen LogP contribution in [0.1, 0.15) is 36.4 Å². The summed E-state index contributed by atoms with van der Waals surface area (Å²) in [6.45, 7) is 0.737. The van der Waals surface area contributed by atoms with Crippen LogP contribution in [0.25, 0.3) is 11.2 Å². The van der Waals surface area contributed by atoms with Crippen molar-refractivity contribution in [3.05, 3.63) is 48.5 Å². The molecule has 3 heterocycles. The Morgan fingerprint density at radius 2 is 1.94 bits per heavy atom. The van der Waals surface area contributed by atoms with Crippen molar-refractivity contribution in [3.8, 4) is 0 Å². The minimum atomic E-state index is -1.85. The molecule has 0 radical (unpaired) electrons. The summed E-state index contributed by atoms with van der Waals surface area (Å²) in [5.41, 5.74) is 0.785. The summed E-state index contributed by atoms with van der Waals surface area (Å²) in [4.78, 5) is 48.0. The topological polar surface area (TPSA) is 146 Å². The lowest BCUT2D eigenvalue weighted by Crippen LogP contribution is -2.35. The van der Waals surface area contributed by atoms with Gasteiger partial charge in [0.05, 0.1) is 19.4 Å². The largest absolute Gasteiger partial charge is 0.456 e. The lowest BCUT2D eigenvalue weighted by Gasteiger charge is -2.18. The number of ketones is 1. The summed E-state index contributed by atoms with van der Waals surface area (Å²) in [6.07, 6.45) is -3.45. The van der Waals surface area contributed by atoms with Crippen LogP contribution in [0.15, 0.2) is 43.0 Å². The molecule has 0 aliphatic carbocycles. The number of carbonyl (C=O) groups is 3. The molecule has 1 fully saturated rings. The third kappa shape index (κ3) is 4.77. The van der Waals surface area contributed by atoms with E-state index in [9.17, 15) is 19.5 Å². The first kappa shape index (κ1) is 23.4. The Bertz CT molecular complexity index is 1200. The van der Waals surface area contributed by atoms with Crippen LogP contribution in [0.3, 0.4) is 0 Å². The molecule has 4 rings (SSSR count). The first-order chi connectivity index (χ1) is 16.4. The fourth-order valence-corrected chi connectivity index (χ4v) is 3.59. The molecule has 12 heteroatoms. The number of amides is 1. The van der Waals surface area contributed by atoms with E-state index < -0.39 is 43.1 Å². The van der Waals surface area contributed by atoms with E-state index in [0.717, 1.165) is 0 Å². The zero-order valence-electron chi connectivity index (χ0n) is 18.1. The Morgan fingerprint density at radius 1 is 1.18 bits per heavy atom. The van der Waals surface area contributed by atoms with E-state index in [0.29, 0.717) is 5.56 Å². The number of aromatic nitrogens is 4. The molecule has 11 nitrogen and oxygen atoms in total. The number of halogens is 1. The molecule has 0 bridgehead atoms. The normalized spacial score (nSPS) is 22.0. The van der Waals surface area contributed by atoms with Crippen molar-refractivity contribution in [1.29, 1.82) is 0 Å². The number of alkyl halides is 1. The molecule has 0 saturated carbocycles. The van der Waals surface area contributed by atoms with Gasteiger partial charge in [0.15, 0.2) is 35.5 Å². The Labute approximate surface area is 192 Å². The van der Waals surface area contributed by atoms with Crippen molar-refractivity contribution in [1.82, 2.24) is 19.5 Å². The molecule has 1 aliphatic heterocycles. The van der Waals surface area contributed by atoms with Gasteiger partial charge >= 0.3 is 5.97 Å². The van der Waals surface area contributed by atoms with Gasteiger partial charge in [0.2, 0.25) is 0 Å². The zero-order valence-corrected chi connectivity index (χ0v) is 18.1. The van der Waals surface area contributed by atoms with Gasteiger partial charge in [-0.15, -0.1) is 0 Å². The molecule has 1 aromatic carbocycles. The molecule has 0 spiro atoms. The average Bonchev–Trinajstić information content (AvgIpc) is 3.40. The fourth-order valence-electron chi connectivity index (χ4n) is 3.59. The number of benzene rings is 1. The number of imidazole rings is 1. The number of carbonyl (C=O) groups excluding carboxylic acids is 3. The molecule has 1 unspecified atom stereocenters. The number of Topliss-reactive ketones (excluding diaryl/α,β-unsaturated/α-hetero) is 1. The number of anilines is 1. The zero-order chi connectivity index (χ0) is 24.2. The van der Waals surface area contributed by atoms with E-state index in [1.54, 1.807) is 30.3 Å². The molecule has 34 heavy (non-hydrogen) atoms. The van der Waals surface area contributed by atoms with Crippen molar-refractivity contribution in [2.24, 2.45) is 0 Å². The Morgan fingerprint density at radius 3 is 2.65 bits per heavy atom. The third-order valence-electron chi connectivity index (χ3n) is 5.30. The molecule has 1 saturated heterocycles. The van der Waals surface area contributed by atoms with Gasteiger partial charge in [0.25, 0.3) is 5.91 Å². The molecule has 1 amide bonds. The lowest BCUT2D eigenvalue weighted by molar-refractivity contribution is -0.155. The maximum absolute atomic E-state index is 15.3. The number of ether oxygens (including phenoxy) is 2. The van der Waals surface area contributed by atoms with Gasteiger partial charge in [-0.2, -0.15) is 0 Å². The van der Waals surface area contributed by atoms with Crippen molar-refractivity contribution in [2.75, 3.05) is 11.9 Å². The standard InChI is InChI=1S/C22H22FN5O6/c1-12(30)7-8-15(31)34-18-14(9-29)33-22(16(18)23)28-11-26-17-19(24-10-25-20(17)28)27-21(32)13-5-3-2-4-6-13/h2-6,10-11,14,16,18,22,29H,7-9H2,1H3,(H,24,25,27,32)/t14-,16+,18?,22-/m1/s1. The second-order valence-corrected chi connectivity index (χ2v) is 7.72. The molecule has 2 N–H and O–H groups in total. The van der Waals surface area contributed by atoms with Crippen LogP contribution in [-0.2, 0) is 19.1 Å². The van der Waals surface area contributed by atoms with E-state index in [-0.39, 0.29) is 35.6 Å². The first-order valence-electron chi connectivity index (χ1n) is 10.5. The van der Waals surface area contributed by atoms with Crippen LogP contribution in [0.5, 0.6) is 0 Å². The van der Waals surface area contributed by atoms with Crippen LogP contribution in [0, 0.1) is 0 Å². The summed E-state index contributed by atoms with van der Waals surface area (Å²) in [6, 6.07) is 8.50. The maximum Gasteiger partial charge on any atom is 0.306 e. The van der Waals surface area contributed by atoms with Crippen LogP contribution in [0.4, 0.5) is 10.2 Å². The van der Waals surface area contributed by atoms with Crippen LogP contribution in [0.2, 0.25) is 0 Å². The monoisotopic (exact) mass is 471 g/mol. The van der Waals surface area contributed by atoms with E-state index in [4.69, 9.17) is 9.47 Å². The molecule has 1 aliphatic rings. The van der Waals surface area contributed by atoms with Gasteiger partial charge in [-0.25, -0.2) is 19.3 Å². The van der Waals surface area contributed by atoms with Crippen molar-refractivity contribution < 1.29 is 33.4 Å². The highest BCUT2D eigenvalue weighted by Gasteiger charge is 2.48. The average molecular weight is 471 g/mol. The summed E-state index contributed by atoms with van der Waals surface area (Å²) in [7, 11) is 0. The van der Waals surface area contributed by atoms with Gasteiger partial charge in [0.1, 0.15) is 18.2 Å². The number of hydrogen-bond acceptors (Lipinski definition) is 9. The quantitative estimate of drug-likeness (QED) is 0.468. The number of aliphatic hydroxyl groups excluding tert-OH is 1. The summed E-state index contributed by atoms with van der Waals surface area (Å²) in [5.74, 6) is -1.26. The minimum Gasteiger partial charge on any atom is -0.456 e. The number of hydrogen-bond donors (Lipinski definition) is 2. The van der Waals surface area contributed by atoms with Crippen molar-refractivity contribution in [3.63, 3.8) is 0 Å². The van der Waals surface area contributed by atoms with E-state index in [2.05, 4.69) is 20.3 Å². The van der Waals surface area contributed by atoms with E-state index in [1.807, 2.05) is 0 Å². The van der Waals surface area contributed by atoms with Gasteiger partial charge in [0, 0.05) is 12.0 Å².